The summed E-state index contributed by atoms with van der Waals surface area (Å²) in [4.78, 5) is 28.4. The average Bonchev–Trinajstić information content (AvgIpc) is 3.38. The van der Waals surface area contributed by atoms with Gasteiger partial charge >= 0.3 is 0 Å². The maximum absolute atomic E-state index is 12.6. The third kappa shape index (κ3) is 5.19. The van der Waals surface area contributed by atoms with E-state index in [1.54, 1.807) is 6.92 Å². The van der Waals surface area contributed by atoms with Gasteiger partial charge in [0, 0.05) is 32.2 Å². The lowest BCUT2D eigenvalue weighted by atomic mass is 10.2. The quantitative estimate of drug-likeness (QED) is 0.841. The van der Waals surface area contributed by atoms with Crippen molar-refractivity contribution in [2.24, 2.45) is 0 Å². The molecule has 0 aromatic heterocycles. The zero-order valence-corrected chi connectivity index (χ0v) is 15.0. The van der Waals surface area contributed by atoms with Crippen LogP contribution in [-0.4, -0.2) is 66.5 Å². The van der Waals surface area contributed by atoms with Gasteiger partial charge in [0.05, 0.1) is 6.54 Å². The van der Waals surface area contributed by atoms with Gasteiger partial charge in [0.15, 0.2) is 6.10 Å². The Morgan fingerprint density at radius 3 is 2.60 bits per heavy atom. The van der Waals surface area contributed by atoms with Crippen LogP contribution in [0.2, 0.25) is 0 Å². The molecule has 136 valence electrons. The highest BCUT2D eigenvalue weighted by molar-refractivity contribution is 5.81. The predicted molar refractivity (Wildman–Crippen MR) is 95.5 cm³/mol. The molecule has 1 heterocycles. The van der Waals surface area contributed by atoms with E-state index in [1.807, 2.05) is 36.1 Å². The number of aryl methyl sites for hydroxylation is 1. The number of benzene rings is 1. The molecule has 1 aromatic carbocycles. The SMILES string of the molecule is Cc1cccc(OC(C)C(=O)N2CCN(CC(=O)NC3CC3)CC2)c1. The van der Waals surface area contributed by atoms with Crippen LogP contribution in [0.15, 0.2) is 24.3 Å². The molecular weight excluding hydrogens is 318 g/mol. The third-order valence-electron chi connectivity index (χ3n) is 4.64. The van der Waals surface area contributed by atoms with E-state index in [2.05, 4.69) is 10.2 Å². The summed E-state index contributed by atoms with van der Waals surface area (Å²) < 4.78 is 5.78. The highest BCUT2D eigenvalue weighted by atomic mass is 16.5. The maximum atomic E-state index is 12.6. The standard InChI is InChI=1S/C19H27N3O3/c1-14-4-3-5-17(12-14)25-15(2)19(24)22-10-8-21(9-11-22)13-18(23)20-16-6-7-16/h3-5,12,15-16H,6-11,13H2,1-2H3,(H,20,23). The normalized spacial score (nSPS) is 19.4. The second-order valence-corrected chi connectivity index (χ2v) is 7.02. The highest BCUT2D eigenvalue weighted by Crippen LogP contribution is 2.18. The van der Waals surface area contributed by atoms with Crippen LogP contribution in [-0.2, 0) is 9.59 Å². The molecule has 0 radical (unpaired) electrons. The zero-order chi connectivity index (χ0) is 17.8. The maximum Gasteiger partial charge on any atom is 0.263 e. The van der Waals surface area contributed by atoms with Gasteiger partial charge in [0.1, 0.15) is 5.75 Å². The molecule has 2 fully saturated rings. The first-order valence-electron chi connectivity index (χ1n) is 9.05. The lowest BCUT2D eigenvalue weighted by molar-refractivity contribution is -0.139. The van der Waals surface area contributed by atoms with E-state index < -0.39 is 6.10 Å². The predicted octanol–water partition coefficient (Wildman–Crippen LogP) is 1.19. The number of nitrogens with zero attached hydrogens (tertiary/aromatic N) is 2. The fraction of sp³-hybridized carbons (Fsp3) is 0.579. The summed E-state index contributed by atoms with van der Waals surface area (Å²) in [7, 11) is 0. The van der Waals surface area contributed by atoms with Crippen molar-refractivity contribution in [1.82, 2.24) is 15.1 Å². The molecule has 6 nitrogen and oxygen atoms in total. The summed E-state index contributed by atoms with van der Waals surface area (Å²) in [6.07, 6.45) is 1.70. The number of piperazine rings is 1. The van der Waals surface area contributed by atoms with Crippen molar-refractivity contribution in [3.8, 4) is 5.75 Å². The molecule has 1 atom stereocenters. The number of carbonyl (C=O) groups is 2. The highest BCUT2D eigenvalue weighted by Gasteiger charge is 2.28. The Bertz CT molecular complexity index is 622. The first kappa shape index (κ1) is 17.7. The Morgan fingerprint density at radius 2 is 1.96 bits per heavy atom. The Labute approximate surface area is 149 Å². The largest absolute Gasteiger partial charge is 0.481 e. The van der Waals surface area contributed by atoms with Crippen LogP contribution in [0.25, 0.3) is 0 Å². The molecule has 0 bridgehead atoms. The molecule has 0 spiro atoms. The average molecular weight is 345 g/mol. The molecule has 3 rings (SSSR count). The number of ether oxygens (including phenoxy) is 1. The molecule has 2 amide bonds. The van der Waals surface area contributed by atoms with Crippen LogP contribution in [0, 0.1) is 6.92 Å². The van der Waals surface area contributed by atoms with Crippen molar-refractivity contribution in [3.05, 3.63) is 29.8 Å². The minimum absolute atomic E-state index is 0.00332. The van der Waals surface area contributed by atoms with E-state index in [1.165, 1.54) is 0 Å². The summed E-state index contributed by atoms with van der Waals surface area (Å²) in [5.74, 6) is 0.818. The number of rotatable bonds is 6. The van der Waals surface area contributed by atoms with Crippen molar-refractivity contribution in [2.75, 3.05) is 32.7 Å². The molecular formula is C19H27N3O3. The van der Waals surface area contributed by atoms with Gasteiger partial charge in [-0.05, 0) is 44.4 Å². The van der Waals surface area contributed by atoms with Crippen molar-refractivity contribution in [2.45, 2.75) is 38.8 Å². The molecule has 2 aliphatic rings. The Kier molecular flexibility index (Phi) is 5.58. The second-order valence-electron chi connectivity index (χ2n) is 7.02. The van der Waals surface area contributed by atoms with Gasteiger partial charge in [0.25, 0.3) is 5.91 Å². The molecule has 1 saturated carbocycles. The first-order valence-corrected chi connectivity index (χ1v) is 9.05. The van der Waals surface area contributed by atoms with Gasteiger partial charge in [-0.1, -0.05) is 12.1 Å². The van der Waals surface area contributed by atoms with Crippen LogP contribution in [0.3, 0.4) is 0 Å². The van der Waals surface area contributed by atoms with Crippen LogP contribution in [0.1, 0.15) is 25.3 Å². The molecule has 1 aliphatic carbocycles. The minimum Gasteiger partial charge on any atom is -0.481 e. The molecule has 1 aromatic rings. The monoisotopic (exact) mass is 345 g/mol. The fourth-order valence-corrected chi connectivity index (χ4v) is 3.03. The van der Waals surface area contributed by atoms with Gasteiger partial charge in [-0.25, -0.2) is 0 Å². The summed E-state index contributed by atoms with van der Waals surface area (Å²) in [6.45, 7) is 6.93. The number of nitrogens with one attached hydrogen (secondary N) is 1. The Morgan fingerprint density at radius 1 is 1.24 bits per heavy atom. The van der Waals surface area contributed by atoms with E-state index in [4.69, 9.17) is 4.74 Å². The third-order valence-corrected chi connectivity index (χ3v) is 4.64. The summed E-state index contributed by atoms with van der Waals surface area (Å²) in [5, 5.41) is 3.00. The van der Waals surface area contributed by atoms with Crippen LogP contribution < -0.4 is 10.1 Å². The van der Waals surface area contributed by atoms with Gasteiger partial charge in [-0.15, -0.1) is 0 Å². The lowest BCUT2D eigenvalue weighted by Gasteiger charge is -2.35. The van der Waals surface area contributed by atoms with E-state index in [9.17, 15) is 9.59 Å². The lowest BCUT2D eigenvalue weighted by Crippen LogP contribution is -2.53. The summed E-state index contributed by atoms with van der Waals surface area (Å²) >= 11 is 0. The number of amides is 2. The molecule has 1 N–H and O–H groups in total. The zero-order valence-electron chi connectivity index (χ0n) is 15.0. The molecule has 1 aliphatic heterocycles. The van der Waals surface area contributed by atoms with Gasteiger partial charge in [-0.2, -0.15) is 0 Å². The topological polar surface area (TPSA) is 61.9 Å². The number of hydrogen-bond acceptors (Lipinski definition) is 4. The van der Waals surface area contributed by atoms with E-state index in [0.29, 0.717) is 25.7 Å². The summed E-state index contributed by atoms with van der Waals surface area (Å²) in [6, 6.07) is 8.12. The van der Waals surface area contributed by atoms with Gasteiger partial charge in [0.2, 0.25) is 5.91 Å². The molecule has 1 unspecified atom stereocenters. The number of hydrogen-bond donors (Lipinski definition) is 1. The van der Waals surface area contributed by atoms with Crippen LogP contribution in [0.4, 0.5) is 0 Å². The minimum atomic E-state index is -0.508. The van der Waals surface area contributed by atoms with E-state index in [0.717, 1.165) is 37.2 Å². The fourth-order valence-electron chi connectivity index (χ4n) is 3.03. The van der Waals surface area contributed by atoms with Crippen molar-refractivity contribution < 1.29 is 14.3 Å². The van der Waals surface area contributed by atoms with Crippen molar-refractivity contribution >= 4 is 11.8 Å². The second kappa shape index (κ2) is 7.87. The molecule has 6 heteroatoms. The Balaban J connectivity index is 1.43. The van der Waals surface area contributed by atoms with E-state index >= 15 is 0 Å². The summed E-state index contributed by atoms with van der Waals surface area (Å²) in [5.41, 5.74) is 1.11. The Hall–Kier alpha value is -2.08. The van der Waals surface area contributed by atoms with Gasteiger partial charge < -0.3 is 15.0 Å². The number of carbonyl (C=O) groups excluding carboxylic acids is 2. The smallest absolute Gasteiger partial charge is 0.263 e. The first-order chi connectivity index (χ1) is 12.0. The molecule has 25 heavy (non-hydrogen) atoms. The molecule has 1 saturated heterocycles. The van der Waals surface area contributed by atoms with Crippen LogP contribution >= 0.6 is 0 Å². The van der Waals surface area contributed by atoms with Crippen molar-refractivity contribution in [3.63, 3.8) is 0 Å². The van der Waals surface area contributed by atoms with Crippen molar-refractivity contribution in [1.29, 1.82) is 0 Å². The van der Waals surface area contributed by atoms with Crippen LogP contribution in [0.5, 0.6) is 5.75 Å². The van der Waals surface area contributed by atoms with E-state index in [-0.39, 0.29) is 11.8 Å². The van der Waals surface area contributed by atoms with Gasteiger partial charge in [-0.3, -0.25) is 14.5 Å².